The highest BCUT2D eigenvalue weighted by Gasteiger charge is 2.23. The van der Waals surface area contributed by atoms with Gasteiger partial charge in [0.1, 0.15) is 5.82 Å². The van der Waals surface area contributed by atoms with Gasteiger partial charge in [-0.1, -0.05) is 13.8 Å². The molecule has 3 N–H and O–H groups in total. The first kappa shape index (κ1) is 12.5. The first-order chi connectivity index (χ1) is 7.52. The number of carbonyl (C=O) groups is 1. The highest BCUT2D eigenvalue weighted by molar-refractivity contribution is 5.98. The number of amides is 1. The molecule has 16 heavy (non-hydrogen) atoms. The molecule has 0 atom stereocenters. The fraction of sp³-hybridized carbons (Fsp3) is 0.500. The average molecular weight is 221 g/mol. The van der Waals surface area contributed by atoms with Gasteiger partial charge in [-0.2, -0.15) is 0 Å². The van der Waals surface area contributed by atoms with E-state index in [9.17, 15) is 4.79 Å². The predicted molar refractivity (Wildman–Crippen MR) is 65.1 cm³/mol. The van der Waals surface area contributed by atoms with Gasteiger partial charge in [0.15, 0.2) is 0 Å². The lowest BCUT2D eigenvalue weighted by Gasteiger charge is -2.28. The molecule has 0 unspecified atom stereocenters. The summed E-state index contributed by atoms with van der Waals surface area (Å²) in [7, 11) is 0. The van der Waals surface area contributed by atoms with Gasteiger partial charge in [0.05, 0.1) is 5.56 Å². The van der Waals surface area contributed by atoms with E-state index in [1.807, 2.05) is 6.92 Å². The number of hydrogen-bond donors (Lipinski definition) is 2. The normalized spacial score (nSPS) is 11.2. The number of nitrogens with two attached hydrogens (primary N) is 1. The lowest BCUT2D eigenvalue weighted by atomic mass is 9.95. The van der Waals surface area contributed by atoms with Crippen LogP contribution >= 0.6 is 0 Å². The molecular formula is C12H19N3O. The maximum atomic E-state index is 12.0. The summed E-state index contributed by atoms with van der Waals surface area (Å²) in [6.07, 6.45) is 3.34. The summed E-state index contributed by atoms with van der Waals surface area (Å²) in [6, 6.07) is 3.39. The Morgan fingerprint density at radius 1 is 1.50 bits per heavy atom. The van der Waals surface area contributed by atoms with E-state index in [2.05, 4.69) is 24.1 Å². The number of aromatic nitrogens is 1. The molecule has 0 aromatic carbocycles. The Morgan fingerprint density at radius 3 is 2.62 bits per heavy atom. The summed E-state index contributed by atoms with van der Waals surface area (Å²) < 4.78 is 0. The number of pyridine rings is 1. The average Bonchev–Trinajstić information content (AvgIpc) is 2.29. The van der Waals surface area contributed by atoms with Crippen LogP contribution in [0.2, 0.25) is 0 Å². The molecular weight excluding hydrogens is 202 g/mol. The molecule has 0 aliphatic rings. The smallest absolute Gasteiger partial charge is 0.255 e. The first-order valence-corrected chi connectivity index (χ1v) is 5.55. The van der Waals surface area contributed by atoms with Gasteiger partial charge in [-0.25, -0.2) is 4.98 Å². The van der Waals surface area contributed by atoms with Crippen LogP contribution in [0.15, 0.2) is 18.3 Å². The Hall–Kier alpha value is -1.58. The van der Waals surface area contributed by atoms with Crippen LogP contribution in [0.4, 0.5) is 5.82 Å². The van der Waals surface area contributed by atoms with Crippen molar-refractivity contribution in [1.29, 1.82) is 0 Å². The molecule has 4 heteroatoms. The second kappa shape index (κ2) is 4.96. The number of nitrogens with zero attached hydrogens (tertiary/aromatic N) is 1. The maximum Gasteiger partial charge on any atom is 0.255 e. The number of nitrogens with one attached hydrogen (secondary N) is 1. The Balaban J connectivity index is 2.84. The van der Waals surface area contributed by atoms with Crippen molar-refractivity contribution in [3.05, 3.63) is 23.9 Å². The van der Waals surface area contributed by atoms with Gasteiger partial charge >= 0.3 is 0 Å². The quantitative estimate of drug-likeness (QED) is 0.816. The second-order valence-corrected chi connectivity index (χ2v) is 4.16. The molecule has 0 fully saturated rings. The topological polar surface area (TPSA) is 68.0 Å². The van der Waals surface area contributed by atoms with E-state index in [0.717, 1.165) is 12.8 Å². The molecule has 0 spiro atoms. The van der Waals surface area contributed by atoms with E-state index < -0.39 is 0 Å². The zero-order chi connectivity index (χ0) is 12.2. The van der Waals surface area contributed by atoms with E-state index in [4.69, 9.17) is 5.73 Å². The van der Waals surface area contributed by atoms with E-state index in [0.29, 0.717) is 5.56 Å². The van der Waals surface area contributed by atoms with Crippen molar-refractivity contribution in [2.45, 2.75) is 39.2 Å². The second-order valence-electron chi connectivity index (χ2n) is 4.16. The van der Waals surface area contributed by atoms with Crippen molar-refractivity contribution in [3.8, 4) is 0 Å². The standard InChI is InChI=1S/C12H19N3O/c1-4-12(3,5-2)15-11(16)9-7-6-8-14-10(9)13/h6-8H,4-5H2,1-3H3,(H2,13,14)(H,15,16). The zero-order valence-corrected chi connectivity index (χ0v) is 10.1. The Labute approximate surface area is 96.3 Å². The van der Waals surface area contributed by atoms with Crippen LogP contribution in [0, 0.1) is 0 Å². The third-order valence-corrected chi connectivity index (χ3v) is 3.06. The molecule has 4 nitrogen and oxygen atoms in total. The minimum absolute atomic E-state index is 0.156. The Bertz CT molecular complexity index is 372. The number of nitrogen functional groups attached to an aromatic ring is 1. The molecule has 0 aliphatic carbocycles. The number of carbonyl (C=O) groups excluding carboxylic acids is 1. The van der Waals surface area contributed by atoms with Gasteiger partial charge in [-0.3, -0.25) is 4.79 Å². The molecule has 1 rings (SSSR count). The van der Waals surface area contributed by atoms with Crippen LogP contribution < -0.4 is 11.1 Å². The van der Waals surface area contributed by atoms with Crippen LogP contribution in [0.1, 0.15) is 44.0 Å². The third-order valence-electron chi connectivity index (χ3n) is 3.06. The van der Waals surface area contributed by atoms with Crippen molar-refractivity contribution in [3.63, 3.8) is 0 Å². The van der Waals surface area contributed by atoms with Crippen molar-refractivity contribution in [2.75, 3.05) is 5.73 Å². The molecule has 0 aliphatic heterocycles. The third kappa shape index (κ3) is 2.72. The van der Waals surface area contributed by atoms with Gasteiger partial charge < -0.3 is 11.1 Å². The lowest BCUT2D eigenvalue weighted by molar-refractivity contribution is 0.0901. The minimum atomic E-state index is -0.181. The fourth-order valence-corrected chi connectivity index (χ4v) is 1.38. The van der Waals surface area contributed by atoms with Crippen LogP contribution in [-0.4, -0.2) is 16.4 Å². The summed E-state index contributed by atoms with van der Waals surface area (Å²) in [5, 5.41) is 2.99. The summed E-state index contributed by atoms with van der Waals surface area (Å²) in [5.41, 5.74) is 5.91. The van der Waals surface area contributed by atoms with Crippen LogP contribution in [0.25, 0.3) is 0 Å². The molecule has 1 aromatic heterocycles. The Kier molecular flexibility index (Phi) is 3.88. The monoisotopic (exact) mass is 221 g/mol. The van der Waals surface area contributed by atoms with Gasteiger partial charge in [0.25, 0.3) is 5.91 Å². The van der Waals surface area contributed by atoms with Gasteiger partial charge in [0.2, 0.25) is 0 Å². The summed E-state index contributed by atoms with van der Waals surface area (Å²) >= 11 is 0. The lowest BCUT2D eigenvalue weighted by Crippen LogP contribution is -2.45. The largest absolute Gasteiger partial charge is 0.383 e. The van der Waals surface area contributed by atoms with Crippen molar-refractivity contribution < 1.29 is 4.79 Å². The first-order valence-electron chi connectivity index (χ1n) is 5.55. The summed E-state index contributed by atoms with van der Waals surface area (Å²) in [4.78, 5) is 15.9. The Morgan fingerprint density at radius 2 is 2.12 bits per heavy atom. The molecule has 1 amide bonds. The molecule has 0 saturated carbocycles. The van der Waals surface area contributed by atoms with Gasteiger partial charge in [0, 0.05) is 11.7 Å². The highest BCUT2D eigenvalue weighted by Crippen LogP contribution is 2.16. The molecule has 0 bridgehead atoms. The van der Waals surface area contributed by atoms with Gasteiger partial charge in [-0.05, 0) is 31.9 Å². The predicted octanol–water partition coefficient (Wildman–Crippen LogP) is 1.97. The zero-order valence-electron chi connectivity index (χ0n) is 10.1. The summed E-state index contributed by atoms with van der Waals surface area (Å²) in [6.45, 7) is 6.13. The fourth-order valence-electron chi connectivity index (χ4n) is 1.38. The van der Waals surface area contributed by atoms with Crippen molar-refractivity contribution in [2.24, 2.45) is 0 Å². The van der Waals surface area contributed by atoms with Crippen LogP contribution in [0.3, 0.4) is 0 Å². The van der Waals surface area contributed by atoms with E-state index >= 15 is 0 Å². The van der Waals surface area contributed by atoms with Crippen LogP contribution in [-0.2, 0) is 0 Å². The number of rotatable bonds is 4. The van der Waals surface area contributed by atoms with Crippen molar-refractivity contribution >= 4 is 11.7 Å². The van der Waals surface area contributed by atoms with E-state index in [1.165, 1.54) is 0 Å². The van der Waals surface area contributed by atoms with Crippen molar-refractivity contribution in [1.82, 2.24) is 10.3 Å². The SMILES string of the molecule is CCC(C)(CC)NC(=O)c1cccnc1N. The minimum Gasteiger partial charge on any atom is -0.383 e. The maximum absolute atomic E-state index is 12.0. The van der Waals surface area contributed by atoms with Crippen LogP contribution in [0.5, 0.6) is 0 Å². The molecule has 1 heterocycles. The number of anilines is 1. The van der Waals surface area contributed by atoms with E-state index in [-0.39, 0.29) is 17.3 Å². The molecule has 1 aromatic rings. The van der Waals surface area contributed by atoms with E-state index in [1.54, 1.807) is 18.3 Å². The summed E-state index contributed by atoms with van der Waals surface area (Å²) in [5.74, 6) is 0.117. The number of hydrogen-bond acceptors (Lipinski definition) is 3. The molecule has 88 valence electrons. The highest BCUT2D eigenvalue weighted by atomic mass is 16.1. The molecule has 0 saturated heterocycles. The van der Waals surface area contributed by atoms with Gasteiger partial charge in [-0.15, -0.1) is 0 Å². The molecule has 0 radical (unpaired) electrons.